The quantitative estimate of drug-likeness (QED) is 0.488. The Morgan fingerprint density at radius 1 is 1.30 bits per heavy atom. The Kier molecular flexibility index (Phi) is 5.11. The SMILES string of the molecule is Cc1nc2ncnn2c(C)c1CCC(=O)N(C)Cc1ccccc1[N+](=O)[O-]. The maximum atomic E-state index is 12.5. The largest absolute Gasteiger partial charge is 0.341 e. The average Bonchev–Trinajstić information content (AvgIpc) is 3.10. The Balaban J connectivity index is 1.70. The Bertz CT molecular complexity index is 1010. The van der Waals surface area contributed by atoms with Crippen LogP contribution >= 0.6 is 0 Å². The van der Waals surface area contributed by atoms with Gasteiger partial charge in [0.15, 0.2) is 0 Å². The summed E-state index contributed by atoms with van der Waals surface area (Å²) in [6.07, 6.45) is 2.24. The van der Waals surface area contributed by atoms with Crippen molar-refractivity contribution < 1.29 is 9.72 Å². The van der Waals surface area contributed by atoms with Gasteiger partial charge < -0.3 is 4.90 Å². The van der Waals surface area contributed by atoms with Gasteiger partial charge >= 0.3 is 0 Å². The van der Waals surface area contributed by atoms with E-state index in [9.17, 15) is 14.9 Å². The van der Waals surface area contributed by atoms with Crippen molar-refractivity contribution in [2.24, 2.45) is 0 Å². The molecule has 0 saturated carbocycles. The molecule has 0 atom stereocenters. The van der Waals surface area contributed by atoms with Crippen LogP contribution in [0.25, 0.3) is 5.78 Å². The zero-order valence-electron chi connectivity index (χ0n) is 15.4. The summed E-state index contributed by atoms with van der Waals surface area (Å²) < 4.78 is 1.66. The van der Waals surface area contributed by atoms with Crippen LogP contribution in [-0.2, 0) is 17.8 Å². The third-order valence-corrected chi connectivity index (χ3v) is 4.60. The fourth-order valence-corrected chi connectivity index (χ4v) is 3.11. The molecule has 0 N–H and O–H groups in total. The minimum atomic E-state index is -0.431. The van der Waals surface area contributed by atoms with Gasteiger partial charge in [-0.05, 0) is 25.8 Å². The molecule has 0 saturated heterocycles. The van der Waals surface area contributed by atoms with E-state index in [2.05, 4.69) is 15.1 Å². The number of aryl methyl sites for hydroxylation is 2. The Hall–Kier alpha value is -3.36. The van der Waals surface area contributed by atoms with Crippen molar-refractivity contribution in [2.75, 3.05) is 7.05 Å². The first-order valence-electron chi connectivity index (χ1n) is 8.50. The molecule has 3 aromatic rings. The summed E-state index contributed by atoms with van der Waals surface area (Å²) in [4.78, 5) is 33.2. The number of hydrogen-bond donors (Lipinski definition) is 0. The second kappa shape index (κ2) is 7.48. The minimum absolute atomic E-state index is 0.0182. The molecule has 2 heterocycles. The lowest BCUT2D eigenvalue weighted by molar-refractivity contribution is -0.385. The molecule has 0 spiro atoms. The number of nitrogens with zero attached hydrogens (tertiary/aromatic N) is 6. The van der Waals surface area contributed by atoms with Crippen LogP contribution in [0, 0.1) is 24.0 Å². The van der Waals surface area contributed by atoms with Crippen LogP contribution in [0.5, 0.6) is 0 Å². The van der Waals surface area contributed by atoms with Crippen molar-refractivity contribution in [3.05, 3.63) is 63.2 Å². The Morgan fingerprint density at radius 2 is 2.04 bits per heavy atom. The number of para-hydroxylation sites is 1. The number of nitro groups is 1. The fourth-order valence-electron chi connectivity index (χ4n) is 3.11. The number of aromatic nitrogens is 4. The van der Waals surface area contributed by atoms with Crippen LogP contribution in [0.15, 0.2) is 30.6 Å². The summed E-state index contributed by atoms with van der Waals surface area (Å²) in [6, 6.07) is 6.45. The first-order chi connectivity index (χ1) is 12.9. The predicted molar refractivity (Wildman–Crippen MR) is 98.1 cm³/mol. The molecule has 0 aliphatic heterocycles. The van der Waals surface area contributed by atoms with Crippen LogP contribution < -0.4 is 0 Å². The summed E-state index contributed by atoms with van der Waals surface area (Å²) in [5.41, 5.74) is 3.22. The molecular weight excluding hydrogens is 348 g/mol. The highest BCUT2D eigenvalue weighted by molar-refractivity contribution is 5.76. The van der Waals surface area contributed by atoms with E-state index >= 15 is 0 Å². The number of carbonyl (C=O) groups excluding carboxylic acids is 1. The van der Waals surface area contributed by atoms with Crippen molar-refractivity contribution >= 4 is 17.4 Å². The maximum Gasteiger partial charge on any atom is 0.274 e. The molecule has 0 fully saturated rings. The van der Waals surface area contributed by atoms with E-state index in [1.807, 2.05) is 13.8 Å². The van der Waals surface area contributed by atoms with Gasteiger partial charge in [-0.3, -0.25) is 14.9 Å². The standard InChI is InChI=1S/C18H20N6O3/c1-12-15(13(2)23-18(21-12)19-11-20-23)8-9-17(25)22(3)10-14-6-4-5-7-16(14)24(26)27/h4-7,11H,8-10H2,1-3H3. The van der Waals surface area contributed by atoms with E-state index < -0.39 is 4.92 Å². The molecule has 2 aromatic heterocycles. The van der Waals surface area contributed by atoms with Gasteiger partial charge in [-0.1, -0.05) is 18.2 Å². The van der Waals surface area contributed by atoms with E-state index in [4.69, 9.17) is 0 Å². The van der Waals surface area contributed by atoms with Gasteiger partial charge in [0.25, 0.3) is 11.5 Å². The highest BCUT2D eigenvalue weighted by Crippen LogP contribution is 2.20. The van der Waals surface area contributed by atoms with Crippen molar-refractivity contribution in [2.45, 2.75) is 33.2 Å². The summed E-state index contributed by atoms with van der Waals surface area (Å²) >= 11 is 0. The van der Waals surface area contributed by atoms with Crippen molar-refractivity contribution in [1.82, 2.24) is 24.5 Å². The molecule has 0 unspecified atom stereocenters. The van der Waals surface area contributed by atoms with Crippen LogP contribution in [-0.4, -0.2) is 42.4 Å². The highest BCUT2D eigenvalue weighted by atomic mass is 16.6. The van der Waals surface area contributed by atoms with E-state index in [1.165, 1.54) is 17.3 Å². The molecule has 9 heteroatoms. The van der Waals surface area contributed by atoms with Crippen LogP contribution in [0.4, 0.5) is 5.69 Å². The van der Waals surface area contributed by atoms with E-state index in [-0.39, 0.29) is 24.6 Å². The highest BCUT2D eigenvalue weighted by Gasteiger charge is 2.18. The van der Waals surface area contributed by atoms with E-state index in [0.29, 0.717) is 17.8 Å². The zero-order chi connectivity index (χ0) is 19.6. The minimum Gasteiger partial charge on any atom is -0.341 e. The topological polar surface area (TPSA) is 107 Å². The van der Waals surface area contributed by atoms with Crippen molar-refractivity contribution in [3.63, 3.8) is 0 Å². The summed E-state index contributed by atoms with van der Waals surface area (Å²) in [7, 11) is 1.65. The molecule has 0 radical (unpaired) electrons. The number of amides is 1. The number of fused-ring (bicyclic) bond motifs is 1. The number of hydrogen-bond acceptors (Lipinski definition) is 6. The Labute approximate surface area is 155 Å². The van der Waals surface area contributed by atoms with Gasteiger partial charge in [0.1, 0.15) is 6.33 Å². The molecule has 1 aromatic carbocycles. The summed E-state index contributed by atoms with van der Waals surface area (Å²) in [5, 5.41) is 15.3. The number of carbonyl (C=O) groups is 1. The third-order valence-electron chi connectivity index (χ3n) is 4.60. The van der Waals surface area contributed by atoms with Crippen molar-refractivity contribution in [1.29, 1.82) is 0 Å². The molecule has 3 rings (SSSR count). The first kappa shape index (κ1) is 18.4. The van der Waals surface area contributed by atoms with Crippen molar-refractivity contribution in [3.8, 4) is 0 Å². The average molecular weight is 368 g/mol. The summed E-state index contributed by atoms with van der Waals surface area (Å²) in [5.74, 6) is 0.444. The number of benzene rings is 1. The zero-order valence-corrected chi connectivity index (χ0v) is 15.4. The molecule has 0 aliphatic carbocycles. The van der Waals surface area contributed by atoms with Gasteiger partial charge in [-0.2, -0.15) is 10.1 Å². The lowest BCUT2D eigenvalue weighted by atomic mass is 10.1. The molecule has 9 nitrogen and oxygen atoms in total. The fraction of sp³-hybridized carbons (Fsp3) is 0.333. The Morgan fingerprint density at radius 3 is 2.78 bits per heavy atom. The van der Waals surface area contributed by atoms with E-state index in [1.54, 1.807) is 29.8 Å². The molecule has 0 bridgehead atoms. The first-order valence-corrected chi connectivity index (χ1v) is 8.50. The molecular formula is C18H20N6O3. The van der Waals surface area contributed by atoms with Crippen LogP contribution in [0.2, 0.25) is 0 Å². The van der Waals surface area contributed by atoms with Gasteiger partial charge in [0, 0.05) is 36.5 Å². The monoisotopic (exact) mass is 368 g/mol. The molecule has 1 amide bonds. The van der Waals surface area contributed by atoms with Gasteiger partial charge in [0.05, 0.1) is 11.5 Å². The second-order valence-electron chi connectivity index (χ2n) is 6.37. The van der Waals surface area contributed by atoms with Crippen LogP contribution in [0.1, 0.15) is 28.9 Å². The third kappa shape index (κ3) is 3.76. The van der Waals surface area contributed by atoms with Gasteiger partial charge in [0.2, 0.25) is 5.91 Å². The van der Waals surface area contributed by atoms with Crippen LogP contribution in [0.3, 0.4) is 0 Å². The lowest BCUT2D eigenvalue weighted by Gasteiger charge is -2.18. The van der Waals surface area contributed by atoms with Gasteiger partial charge in [-0.15, -0.1) is 0 Å². The van der Waals surface area contributed by atoms with Gasteiger partial charge in [-0.25, -0.2) is 9.50 Å². The van der Waals surface area contributed by atoms with E-state index in [0.717, 1.165) is 17.0 Å². The summed E-state index contributed by atoms with van der Waals surface area (Å²) in [6.45, 7) is 4.00. The smallest absolute Gasteiger partial charge is 0.274 e. The second-order valence-corrected chi connectivity index (χ2v) is 6.37. The normalized spacial score (nSPS) is 10.9. The molecule has 0 aliphatic rings. The maximum absolute atomic E-state index is 12.5. The molecule has 27 heavy (non-hydrogen) atoms. The predicted octanol–water partition coefficient (Wildman–Crippen LogP) is 2.24. The lowest BCUT2D eigenvalue weighted by Crippen LogP contribution is -2.27. The molecule has 140 valence electrons. The number of rotatable bonds is 6. The number of nitro benzene ring substituents is 1.